The van der Waals surface area contributed by atoms with Crippen LogP contribution in [0.2, 0.25) is 0 Å². The summed E-state index contributed by atoms with van der Waals surface area (Å²) >= 11 is 0. The molecule has 2 heterocycles. The molecule has 0 spiro atoms. The largest absolute Gasteiger partial charge is 0.494 e. The zero-order valence-corrected chi connectivity index (χ0v) is 12.8. The third-order valence-electron chi connectivity index (χ3n) is 3.36. The molecule has 122 valence electrons. The van der Waals surface area contributed by atoms with Crippen molar-refractivity contribution >= 4 is 5.91 Å². The Morgan fingerprint density at radius 1 is 1.29 bits per heavy atom. The molecular formula is C17H14FN3O3. The molecule has 1 amide bonds. The lowest BCUT2D eigenvalue weighted by Gasteiger charge is -2.08. The number of amides is 1. The van der Waals surface area contributed by atoms with E-state index in [4.69, 9.17) is 9.15 Å². The minimum Gasteiger partial charge on any atom is -0.494 e. The summed E-state index contributed by atoms with van der Waals surface area (Å²) in [7, 11) is 1.36. The number of nitrogens with one attached hydrogen (secondary N) is 1. The molecule has 3 rings (SSSR count). The lowest BCUT2D eigenvalue weighted by atomic mass is 10.2. The van der Waals surface area contributed by atoms with Crippen molar-refractivity contribution in [3.05, 3.63) is 66.1 Å². The van der Waals surface area contributed by atoms with Gasteiger partial charge in [-0.2, -0.15) is 0 Å². The van der Waals surface area contributed by atoms with Crippen molar-refractivity contribution in [2.45, 2.75) is 6.54 Å². The van der Waals surface area contributed by atoms with Crippen molar-refractivity contribution in [2.24, 2.45) is 0 Å². The van der Waals surface area contributed by atoms with Crippen molar-refractivity contribution in [1.82, 2.24) is 15.3 Å². The van der Waals surface area contributed by atoms with E-state index in [9.17, 15) is 9.18 Å². The Morgan fingerprint density at radius 2 is 2.12 bits per heavy atom. The van der Waals surface area contributed by atoms with E-state index in [2.05, 4.69) is 15.3 Å². The number of hydrogen-bond donors (Lipinski definition) is 1. The third kappa shape index (κ3) is 3.24. The molecule has 0 atom stereocenters. The SMILES string of the molecule is COc1ccc(C(=O)NCc2nccnc2-c2ccco2)cc1F. The number of methoxy groups -OCH3 is 1. The van der Waals surface area contributed by atoms with Crippen molar-refractivity contribution in [2.75, 3.05) is 7.11 Å². The van der Waals surface area contributed by atoms with Gasteiger partial charge in [0.2, 0.25) is 0 Å². The van der Waals surface area contributed by atoms with Crippen LogP contribution in [-0.2, 0) is 6.54 Å². The molecule has 7 heteroatoms. The highest BCUT2D eigenvalue weighted by molar-refractivity contribution is 5.94. The number of furan rings is 1. The molecule has 0 bridgehead atoms. The molecule has 1 N–H and O–H groups in total. The number of aromatic nitrogens is 2. The summed E-state index contributed by atoms with van der Waals surface area (Å²) in [4.78, 5) is 20.6. The minimum absolute atomic E-state index is 0.0839. The van der Waals surface area contributed by atoms with Crippen molar-refractivity contribution < 1.29 is 18.3 Å². The minimum atomic E-state index is -0.596. The maximum atomic E-state index is 13.7. The molecule has 3 aromatic rings. The van der Waals surface area contributed by atoms with Gasteiger partial charge < -0.3 is 14.5 Å². The van der Waals surface area contributed by atoms with E-state index in [1.165, 1.54) is 31.7 Å². The molecule has 6 nitrogen and oxygen atoms in total. The van der Waals surface area contributed by atoms with Crippen LogP contribution in [0.3, 0.4) is 0 Å². The summed E-state index contributed by atoms with van der Waals surface area (Å²) in [6, 6.07) is 7.52. The lowest BCUT2D eigenvalue weighted by molar-refractivity contribution is 0.0950. The van der Waals surface area contributed by atoms with E-state index >= 15 is 0 Å². The Labute approximate surface area is 137 Å². The Balaban J connectivity index is 1.74. The predicted molar refractivity (Wildman–Crippen MR) is 83.9 cm³/mol. The fourth-order valence-corrected chi connectivity index (χ4v) is 2.19. The van der Waals surface area contributed by atoms with E-state index in [1.54, 1.807) is 18.3 Å². The van der Waals surface area contributed by atoms with Gasteiger partial charge >= 0.3 is 0 Å². The highest BCUT2D eigenvalue weighted by Gasteiger charge is 2.13. The van der Waals surface area contributed by atoms with Gasteiger partial charge in [-0.3, -0.25) is 9.78 Å². The standard InChI is InChI=1S/C17H14FN3O3/c1-23-14-5-4-11(9-12(14)18)17(22)21-10-13-16(20-7-6-19-13)15-3-2-8-24-15/h2-9H,10H2,1H3,(H,21,22). The second-order valence-corrected chi connectivity index (χ2v) is 4.86. The van der Waals surface area contributed by atoms with Crippen molar-refractivity contribution in [3.63, 3.8) is 0 Å². The van der Waals surface area contributed by atoms with Gasteiger partial charge in [-0.1, -0.05) is 0 Å². The van der Waals surface area contributed by atoms with E-state index < -0.39 is 11.7 Å². The zero-order valence-electron chi connectivity index (χ0n) is 12.8. The smallest absolute Gasteiger partial charge is 0.251 e. The number of nitrogens with zero attached hydrogens (tertiary/aromatic N) is 2. The highest BCUT2D eigenvalue weighted by Crippen LogP contribution is 2.20. The molecule has 0 aliphatic carbocycles. The number of carbonyl (C=O) groups is 1. The molecule has 2 aromatic heterocycles. The van der Waals surface area contributed by atoms with Crippen LogP contribution in [0.4, 0.5) is 4.39 Å². The summed E-state index contributed by atoms with van der Waals surface area (Å²) in [5.74, 6) is -0.378. The molecule has 0 aliphatic rings. The van der Waals surface area contributed by atoms with Crippen LogP contribution in [0.5, 0.6) is 5.75 Å². The van der Waals surface area contributed by atoms with E-state index in [1.807, 2.05) is 0 Å². The fourth-order valence-electron chi connectivity index (χ4n) is 2.19. The topological polar surface area (TPSA) is 77.2 Å². The normalized spacial score (nSPS) is 10.4. The first-order chi connectivity index (χ1) is 11.7. The van der Waals surface area contributed by atoms with Gasteiger partial charge in [-0.15, -0.1) is 0 Å². The average molecular weight is 327 g/mol. The van der Waals surface area contributed by atoms with Crippen molar-refractivity contribution in [1.29, 1.82) is 0 Å². The monoisotopic (exact) mass is 327 g/mol. The Hall–Kier alpha value is -3.22. The first kappa shape index (κ1) is 15.7. The van der Waals surface area contributed by atoms with E-state index in [0.29, 0.717) is 17.1 Å². The average Bonchev–Trinajstić information content (AvgIpc) is 3.14. The molecule has 0 saturated carbocycles. The van der Waals surface area contributed by atoms with Gasteiger partial charge in [0.05, 0.1) is 25.6 Å². The van der Waals surface area contributed by atoms with E-state index in [-0.39, 0.29) is 17.9 Å². The predicted octanol–water partition coefficient (Wildman–Crippen LogP) is 2.81. The van der Waals surface area contributed by atoms with Crippen LogP contribution in [-0.4, -0.2) is 23.0 Å². The maximum Gasteiger partial charge on any atom is 0.251 e. The lowest BCUT2D eigenvalue weighted by Crippen LogP contribution is -2.24. The first-order valence-electron chi connectivity index (χ1n) is 7.14. The van der Waals surface area contributed by atoms with Crippen LogP contribution in [0.15, 0.2) is 53.4 Å². The van der Waals surface area contributed by atoms with E-state index in [0.717, 1.165) is 6.07 Å². The summed E-state index contributed by atoms with van der Waals surface area (Å²) in [6.45, 7) is 0.135. The highest BCUT2D eigenvalue weighted by atomic mass is 19.1. The van der Waals surface area contributed by atoms with Gasteiger partial charge in [0, 0.05) is 18.0 Å². The molecule has 0 fully saturated rings. The maximum absolute atomic E-state index is 13.7. The number of carbonyl (C=O) groups excluding carboxylic acids is 1. The third-order valence-corrected chi connectivity index (χ3v) is 3.36. The van der Waals surface area contributed by atoms with Crippen LogP contribution in [0.25, 0.3) is 11.5 Å². The molecule has 0 radical (unpaired) electrons. The molecule has 0 saturated heterocycles. The first-order valence-corrected chi connectivity index (χ1v) is 7.14. The number of hydrogen-bond acceptors (Lipinski definition) is 5. The number of ether oxygens (including phenoxy) is 1. The number of halogens is 1. The number of rotatable bonds is 5. The number of benzene rings is 1. The van der Waals surface area contributed by atoms with Gasteiger partial charge in [-0.05, 0) is 30.3 Å². The van der Waals surface area contributed by atoms with Crippen LogP contribution in [0.1, 0.15) is 16.1 Å². The fraction of sp³-hybridized carbons (Fsp3) is 0.118. The second-order valence-electron chi connectivity index (χ2n) is 4.86. The van der Waals surface area contributed by atoms with Gasteiger partial charge in [0.25, 0.3) is 5.91 Å². The van der Waals surface area contributed by atoms with Gasteiger partial charge in [-0.25, -0.2) is 9.37 Å². The summed E-state index contributed by atoms with van der Waals surface area (Å²) in [6.07, 6.45) is 4.61. The van der Waals surface area contributed by atoms with Gasteiger partial charge in [0.1, 0.15) is 5.69 Å². The van der Waals surface area contributed by atoms with Gasteiger partial charge in [0.15, 0.2) is 17.3 Å². The Bertz CT molecular complexity index is 850. The molecule has 0 aliphatic heterocycles. The van der Waals surface area contributed by atoms with Crippen molar-refractivity contribution in [3.8, 4) is 17.2 Å². The summed E-state index contributed by atoms with van der Waals surface area (Å²) in [5.41, 5.74) is 1.29. The van der Waals surface area contributed by atoms with Crippen LogP contribution < -0.4 is 10.1 Å². The summed E-state index contributed by atoms with van der Waals surface area (Å²) in [5, 5.41) is 2.69. The molecule has 24 heavy (non-hydrogen) atoms. The Kier molecular flexibility index (Phi) is 4.51. The molecule has 0 unspecified atom stereocenters. The quantitative estimate of drug-likeness (QED) is 0.780. The Morgan fingerprint density at radius 3 is 2.83 bits per heavy atom. The molecule has 1 aromatic carbocycles. The summed E-state index contributed by atoms with van der Waals surface area (Å²) < 4.78 is 23.8. The molecular weight excluding hydrogens is 313 g/mol. The van der Waals surface area contributed by atoms with Crippen LogP contribution >= 0.6 is 0 Å². The van der Waals surface area contributed by atoms with Crippen LogP contribution in [0, 0.1) is 5.82 Å². The zero-order chi connectivity index (χ0) is 16.9. The second kappa shape index (κ2) is 6.91.